The first-order chi connectivity index (χ1) is 13.1. The molecular weight excluding hydrogens is 368 g/mol. The maximum atomic E-state index is 11.4. The lowest BCUT2D eigenvalue weighted by Crippen LogP contribution is -2.18. The summed E-state index contributed by atoms with van der Waals surface area (Å²) in [5, 5.41) is 7.83. The van der Waals surface area contributed by atoms with Crippen molar-refractivity contribution in [3.63, 3.8) is 0 Å². The second-order valence-corrected chi connectivity index (χ2v) is 5.67. The van der Waals surface area contributed by atoms with E-state index in [1.54, 1.807) is 41.8 Å². The lowest BCUT2D eigenvalue weighted by molar-refractivity contribution is -0.138. The number of Topliss-reactive ketones (excluding diaryl/α,β-unsaturated/α-hetero) is 2. The second kappa shape index (κ2) is 10.1. The van der Waals surface area contributed by atoms with Crippen LogP contribution in [0.2, 0.25) is 0 Å². The van der Waals surface area contributed by atoms with Crippen LogP contribution in [0, 0.1) is 13.8 Å². The summed E-state index contributed by atoms with van der Waals surface area (Å²) in [4.78, 5) is 45.1. The summed E-state index contributed by atoms with van der Waals surface area (Å²) < 4.78 is 12.2. The molecule has 0 spiro atoms. The van der Waals surface area contributed by atoms with Crippen LogP contribution in [-0.4, -0.2) is 56.3 Å². The summed E-state index contributed by atoms with van der Waals surface area (Å²) in [6.07, 6.45) is 2.88. The van der Waals surface area contributed by atoms with Crippen LogP contribution >= 0.6 is 0 Å². The molecule has 0 saturated heterocycles. The number of carbonyl (C=O) groups is 4. The van der Waals surface area contributed by atoms with Crippen LogP contribution in [0.3, 0.4) is 0 Å². The summed E-state index contributed by atoms with van der Waals surface area (Å²) in [5.41, 5.74) is 1.78. The van der Waals surface area contributed by atoms with Crippen molar-refractivity contribution < 1.29 is 28.7 Å². The average Bonchev–Trinajstić information content (AvgIpc) is 3.16. The van der Waals surface area contributed by atoms with E-state index in [1.807, 2.05) is 0 Å². The van der Waals surface area contributed by atoms with Gasteiger partial charge in [0.05, 0.1) is 36.2 Å². The van der Waals surface area contributed by atoms with Gasteiger partial charge in [0.2, 0.25) is 0 Å². The number of aromatic nitrogens is 4. The Morgan fingerprint density at radius 2 is 1.43 bits per heavy atom. The highest BCUT2D eigenvalue weighted by atomic mass is 16.5. The van der Waals surface area contributed by atoms with E-state index in [1.165, 1.54) is 21.8 Å². The van der Waals surface area contributed by atoms with Crippen molar-refractivity contribution in [1.29, 1.82) is 0 Å². The van der Waals surface area contributed by atoms with Crippen molar-refractivity contribution in [3.05, 3.63) is 34.9 Å². The number of ether oxygens (including phenoxy) is 2. The first-order valence-corrected chi connectivity index (χ1v) is 8.55. The quantitative estimate of drug-likeness (QED) is 0.404. The minimum atomic E-state index is -0.830. The van der Waals surface area contributed by atoms with Gasteiger partial charge in [-0.3, -0.25) is 19.0 Å². The molecule has 10 nitrogen and oxygen atoms in total. The highest BCUT2D eigenvalue weighted by Gasteiger charge is 2.22. The molecule has 0 aromatic carbocycles. The van der Waals surface area contributed by atoms with Gasteiger partial charge in [-0.05, 0) is 27.7 Å². The Morgan fingerprint density at radius 3 is 1.79 bits per heavy atom. The SMILES string of the molecule is CCOC(=O)C(=O)c1cn(C)nc1C.CCOC(=O)C(=O)c1cnn(C)c1C. The monoisotopic (exact) mass is 392 g/mol. The van der Waals surface area contributed by atoms with Crippen molar-refractivity contribution in [2.24, 2.45) is 14.1 Å². The van der Waals surface area contributed by atoms with Crippen LogP contribution in [0.1, 0.15) is 46.0 Å². The fraction of sp³-hybridized carbons (Fsp3) is 0.444. The number of hydrogen-bond acceptors (Lipinski definition) is 8. The van der Waals surface area contributed by atoms with Gasteiger partial charge in [-0.15, -0.1) is 0 Å². The molecule has 2 aromatic heterocycles. The topological polar surface area (TPSA) is 122 Å². The molecule has 2 aromatic rings. The fourth-order valence-electron chi connectivity index (χ4n) is 2.16. The van der Waals surface area contributed by atoms with E-state index >= 15 is 0 Å². The molecule has 2 rings (SSSR count). The normalized spacial score (nSPS) is 9.93. The van der Waals surface area contributed by atoms with Gasteiger partial charge in [0, 0.05) is 26.0 Å². The molecule has 0 aliphatic rings. The van der Waals surface area contributed by atoms with Gasteiger partial charge in [-0.25, -0.2) is 9.59 Å². The fourth-order valence-corrected chi connectivity index (χ4v) is 2.16. The molecular formula is C18H24N4O6. The highest BCUT2D eigenvalue weighted by molar-refractivity contribution is 6.41. The first kappa shape index (κ1) is 22.7. The molecule has 0 radical (unpaired) electrons. The van der Waals surface area contributed by atoms with E-state index < -0.39 is 23.5 Å². The third kappa shape index (κ3) is 5.60. The number of carbonyl (C=O) groups excluding carboxylic acids is 4. The zero-order chi connectivity index (χ0) is 21.4. The smallest absolute Gasteiger partial charge is 0.379 e. The zero-order valence-electron chi connectivity index (χ0n) is 16.8. The van der Waals surface area contributed by atoms with Crippen molar-refractivity contribution in [2.45, 2.75) is 27.7 Å². The summed E-state index contributed by atoms with van der Waals surface area (Å²) in [7, 11) is 3.40. The lowest BCUT2D eigenvalue weighted by Gasteiger charge is -1.99. The van der Waals surface area contributed by atoms with E-state index in [0.717, 1.165) is 0 Å². The van der Waals surface area contributed by atoms with E-state index in [4.69, 9.17) is 0 Å². The lowest BCUT2D eigenvalue weighted by atomic mass is 10.2. The summed E-state index contributed by atoms with van der Waals surface area (Å²) in [6.45, 7) is 7.10. The van der Waals surface area contributed by atoms with Crippen LogP contribution < -0.4 is 0 Å². The van der Waals surface area contributed by atoms with Crippen molar-refractivity contribution in [2.75, 3.05) is 13.2 Å². The van der Waals surface area contributed by atoms with E-state index in [-0.39, 0.29) is 13.2 Å². The largest absolute Gasteiger partial charge is 0.460 e. The molecule has 28 heavy (non-hydrogen) atoms. The van der Waals surface area contributed by atoms with E-state index in [0.29, 0.717) is 22.5 Å². The van der Waals surface area contributed by atoms with Crippen molar-refractivity contribution >= 4 is 23.5 Å². The number of nitrogens with zero attached hydrogens (tertiary/aromatic N) is 4. The molecule has 0 unspecified atom stereocenters. The molecule has 0 atom stereocenters. The molecule has 0 bridgehead atoms. The molecule has 152 valence electrons. The highest BCUT2D eigenvalue weighted by Crippen LogP contribution is 2.07. The third-order valence-electron chi connectivity index (χ3n) is 3.66. The second-order valence-electron chi connectivity index (χ2n) is 5.67. The standard InChI is InChI=1S/2C9H12N2O3/c1-4-14-9(13)8(12)7-5-11(3)10-6(7)2;1-4-14-9(13)8(12)7-5-10-11(3)6(7)2/h2*5H,4H2,1-3H3. The predicted molar refractivity (Wildman–Crippen MR) is 97.8 cm³/mol. The minimum absolute atomic E-state index is 0.198. The Bertz CT molecular complexity index is 853. The molecule has 0 fully saturated rings. The van der Waals surface area contributed by atoms with E-state index in [2.05, 4.69) is 19.7 Å². The Kier molecular flexibility index (Phi) is 8.24. The van der Waals surface area contributed by atoms with Crippen LogP contribution in [-0.2, 0) is 33.2 Å². The predicted octanol–water partition coefficient (Wildman–Crippen LogP) is 0.949. The van der Waals surface area contributed by atoms with Gasteiger partial charge in [-0.1, -0.05) is 0 Å². The summed E-state index contributed by atoms with van der Waals surface area (Å²) >= 11 is 0. The van der Waals surface area contributed by atoms with Gasteiger partial charge in [0.1, 0.15) is 0 Å². The van der Waals surface area contributed by atoms with Gasteiger partial charge >= 0.3 is 11.9 Å². The molecule has 10 heteroatoms. The molecule has 0 aliphatic heterocycles. The van der Waals surface area contributed by atoms with Crippen molar-refractivity contribution in [1.82, 2.24) is 19.6 Å². The summed E-state index contributed by atoms with van der Waals surface area (Å²) in [5.74, 6) is -2.94. The van der Waals surface area contributed by atoms with Gasteiger partial charge in [0.25, 0.3) is 11.6 Å². The van der Waals surface area contributed by atoms with Crippen LogP contribution in [0.5, 0.6) is 0 Å². The van der Waals surface area contributed by atoms with Gasteiger partial charge in [-0.2, -0.15) is 10.2 Å². The Labute approximate surface area is 162 Å². The van der Waals surface area contributed by atoms with Gasteiger partial charge in [0.15, 0.2) is 0 Å². The number of esters is 2. The maximum absolute atomic E-state index is 11.4. The molecule has 0 N–H and O–H groups in total. The summed E-state index contributed by atoms with van der Waals surface area (Å²) in [6, 6.07) is 0. The molecule has 0 amide bonds. The van der Waals surface area contributed by atoms with Crippen LogP contribution in [0.15, 0.2) is 12.4 Å². The molecule has 2 heterocycles. The van der Waals surface area contributed by atoms with Crippen molar-refractivity contribution in [3.8, 4) is 0 Å². The number of rotatable bonds is 6. The van der Waals surface area contributed by atoms with E-state index in [9.17, 15) is 19.2 Å². The van der Waals surface area contributed by atoms with Crippen LogP contribution in [0.4, 0.5) is 0 Å². The number of hydrogen-bond donors (Lipinski definition) is 0. The zero-order valence-corrected chi connectivity index (χ0v) is 16.8. The number of aryl methyl sites for hydroxylation is 3. The Hall–Kier alpha value is -3.30. The molecule has 0 aliphatic carbocycles. The first-order valence-electron chi connectivity index (χ1n) is 8.55. The average molecular weight is 392 g/mol. The number of ketones is 2. The minimum Gasteiger partial charge on any atom is -0.460 e. The maximum Gasteiger partial charge on any atom is 0.379 e. The molecule has 0 saturated carbocycles. The third-order valence-corrected chi connectivity index (χ3v) is 3.66. The Balaban J connectivity index is 0.000000280. The van der Waals surface area contributed by atoms with Gasteiger partial charge < -0.3 is 9.47 Å². The van der Waals surface area contributed by atoms with Crippen LogP contribution in [0.25, 0.3) is 0 Å². The Morgan fingerprint density at radius 1 is 0.929 bits per heavy atom.